The maximum Gasteiger partial charge on any atom is 0.243 e. The molecule has 7 nitrogen and oxygen atoms in total. The fraction of sp³-hybridized carbons (Fsp3) is 0.480. The average molecular weight is 471 g/mol. The lowest BCUT2D eigenvalue weighted by molar-refractivity contribution is 0.305. The maximum atomic E-state index is 13.1. The molecule has 0 amide bonds. The number of hydrogen-bond acceptors (Lipinski definition) is 5. The van der Waals surface area contributed by atoms with E-state index in [1.807, 2.05) is 25.1 Å². The monoisotopic (exact) mass is 470 g/mol. The van der Waals surface area contributed by atoms with Gasteiger partial charge in [-0.1, -0.05) is 18.6 Å². The second-order valence-corrected chi connectivity index (χ2v) is 10.6. The Bertz CT molecular complexity index is 1180. The third kappa shape index (κ3) is 5.23. The van der Waals surface area contributed by atoms with Crippen molar-refractivity contribution in [2.24, 2.45) is 0 Å². The van der Waals surface area contributed by atoms with Gasteiger partial charge in [0.25, 0.3) is 0 Å². The van der Waals surface area contributed by atoms with Gasteiger partial charge < -0.3 is 9.30 Å². The molecule has 2 heterocycles. The van der Waals surface area contributed by atoms with Crippen LogP contribution >= 0.6 is 0 Å². The van der Waals surface area contributed by atoms with Crippen molar-refractivity contribution in [2.45, 2.75) is 57.6 Å². The van der Waals surface area contributed by atoms with E-state index in [1.165, 1.54) is 5.56 Å². The van der Waals surface area contributed by atoms with Crippen molar-refractivity contribution in [1.29, 1.82) is 0 Å². The summed E-state index contributed by atoms with van der Waals surface area (Å²) in [7, 11) is -1.40. The quantitative estimate of drug-likeness (QED) is 0.467. The first-order valence-electron chi connectivity index (χ1n) is 11.8. The van der Waals surface area contributed by atoms with Crippen molar-refractivity contribution < 1.29 is 13.2 Å². The lowest BCUT2D eigenvalue weighted by atomic mass is 10.2. The van der Waals surface area contributed by atoms with E-state index in [9.17, 15) is 8.42 Å². The van der Waals surface area contributed by atoms with E-state index < -0.39 is 10.0 Å². The molecule has 0 radical (unpaired) electrons. The number of sulfonamides is 1. The predicted octanol–water partition coefficient (Wildman–Crippen LogP) is 4.26. The highest BCUT2D eigenvalue weighted by molar-refractivity contribution is 7.89. The fourth-order valence-corrected chi connectivity index (χ4v) is 6.05. The minimum absolute atomic E-state index is 0.340. The van der Waals surface area contributed by atoms with Crippen LogP contribution in [0.15, 0.2) is 47.4 Å². The Kier molecular flexibility index (Phi) is 7.36. The molecular weight excluding hydrogens is 436 g/mol. The standard InChI is InChI=1S/C25H34N4O3S/c1-4-29-24-14-13-22(33(30,31)28-15-7-6-8-16-28)17-23(24)26-25(29)19-27(3)18-20-9-11-21(12-10-20)32-5-2/h9-14,17H,4-8,15-16,18-19H2,1-3H3. The minimum atomic E-state index is -3.47. The molecule has 1 fully saturated rings. The molecule has 1 aliphatic rings. The van der Waals surface area contributed by atoms with Crippen molar-refractivity contribution in [3.05, 3.63) is 53.9 Å². The van der Waals surface area contributed by atoms with Gasteiger partial charge >= 0.3 is 0 Å². The van der Waals surface area contributed by atoms with Crippen LogP contribution in [-0.4, -0.2) is 53.9 Å². The van der Waals surface area contributed by atoms with Crippen molar-refractivity contribution >= 4 is 21.1 Å². The highest BCUT2D eigenvalue weighted by Gasteiger charge is 2.26. The Morgan fingerprint density at radius 2 is 1.73 bits per heavy atom. The predicted molar refractivity (Wildman–Crippen MR) is 131 cm³/mol. The molecule has 1 aromatic heterocycles. The average Bonchev–Trinajstić information content (AvgIpc) is 3.17. The summed E-state index contributed by atoms with van der Waals surface area (Å²) in [5.74, 6) is 1.82. The summed E-state index contributed by atoms with van der Waals surface area (Å²) >= 11 is 0. The molecule has 0 saturated carbocycles. The van der Waals surface area contributed by atoms with Gasteiger partial charge in [-0.3, -0.25) is 4.90 Å². The number of hydrogen-bond donors (Lipinski definition) is 0. The lowest BCUT2D eigenvalue weighted by Crippen LogP contribution is -2.35. The molecule has 4 rings (SSSR count). The maximum absolute atomic E-state index is 13.1. The summed E-state index contributed by atoms with van der Waals surface area (Å²) in [6, 6.07) is 13.5. The third-order valence-electron chi connectivity index (χ3n) is 6.17. The van der Waals surface area contributed by atoms with Gasteiger partial charge in [-0.05, 0) is 69.6 Å². The molecular formula is C25H34N4O3S. The summed E-state index contributed by atoms with van der Waals surface area (Å²) in [5.41, 5.74) is 2.91. The van der Waals surface area contributed by atoms with Crippen molar-refractivity contribution in [2.75, 3.05) is 26.7 Å². The summed E-state index contributed by atoms with van der Waals surface area (Å²) in [4.78, 5) is 7.40. The number of nitrogens with zero attached hydrogens (tertiary/aromatic N) is 4. The van der Waals surface area contributed by atoms with Crippen LogP contribution < -0.4 is 4.74 Å². The summed E-state index contributed by atoms with van der Waals surface area (Å²) < 4.78 is 35.5. The summed E-state index contributed by atoms with van der Waals surface area (Å²) in [6.45, 7) is 8.17. The molecule has 0 bridgehead atoms. The summed E-state index contributed by atoms with van der Waals surface area (Å²) in [6.07, 6.45) is 2.95. The molecule has 0 spiro atoms. The SMILES string of the molecule is CCOc1ccc(CN(C)Cc2nc3cc(S(=O)(=O)N4CCCCC4)ccc3n2CC)cc1. The topological polar surface area (TPSA) is 67.7 Å². The molecule has 0 aliphatic carbocycles. The van der Waals surface area contributed by atoms with Gasteiger partial charge in [0.1, 0.15) is 11.6 Å². The van der Waals surface area contributed by atoms with E-state index in [0.29, 0.717) is 31.1 Å². The van der Waals surface area contributed by atoms with Crippen molar-refractivity contribution in [3.8, 4) is 5.75 Å². The number of benzene rings is 2. The second-order valence-electron chi connectivity index (χ2n) is 8.64. The zero-order valence-corrected chi connectivity index (χ0v) is 20.6. The number of rotatable bonds is 9. The van der Waals surface area contributed by atoms with Crippen LogP contribution in [-0.2, 0) is 29.7 Å². The Hall–Kier alpha value is -2.42. The van der Waals surface area contributed by atoms with Crippen LogP contribution in [0.25, 0.3) is 11.0 Å². The molecule has 0 atom stereocenters. The largest absolute Gasteiger partial charge is 0.494 e. The van der Waals surface area contributed by atoms with Crippen molar-refractivity contribution in [1.82, 2.24) is 18.8 Å². The first-order valence-corrected chi connectivity index (χ1v) is 13.3. The van der Waals surface area contributed by atoms with Gasteiger partial charge in [0.05, 0.1) is 29.1 Å². The van der Waals surface area contributed by atoms with E-state index in [4.69, 9.17) is 9.72 Å². The number of imidazole rings is 1. The highest BCUT2D eigenvalue weighted by atomic mass is 32.2. The van der Waals surface area contributed by atoms with Gasteiger partial charge in [0, 0.05) is 26.2 Å². The molecule has 1 saturated heterocycles. The molecule has 8 heteroatoms. The molecule has 1 aliphatic heterocycles. The van der Waals surface area contributed by atoms with E-state index in [-0.39, 0.29) is 0 Å². The summed E-state index contributed by atoms with van der Waals surface area (Å²) in [5, 5.41) is 0. The Morgan fingerprint density at radius 3 is 2.39 bits per heavy atom. The molecule has 0 N–H and O–H groups in total. The zero-order valence-electron chi connectivity index (χ0n) is 19.8. The number of piperidine rings is 1. The number of fused-ring (bicyclic) bond motifs is 1. The molecule has 3 aromatic rings. The minimum Gasteiger partial charge on any atom is -0.494 e. The molecule has 2 aromatic carbocycles. The zero-order chi connectivity index (χ0) is 23.4. The van der Waals surface area contributed by atoms with Gasteiger partial charge in [-0.25, -0.2) is 13.4 Å². The first-order chi connectivity index (χ1) is 15.9. The highest BCUT2D eigenvalue weighted by Crippen LogP contribution is 2.25. The van der Waals surface area contributed by atoms with Crippen LogP contribution in [0.4, 0.5) is 0 Å². The van der Waals surface area contributed by atoms with Gasteiger partial charge in [-0.2, -0.15) is 4.31 Å². The Morgan fingerprint density at radius 1 is 1.00 bits per heavy atom. The van der Waals surface area contributed by atoms with Crippen LogP contribution in [0.2, 0.25) is 0 Å². The van der Waals surface area contributed by atoms with Crippen LogP contribution in [0.5, 0.6) is 5.75 Å². The van der Waals surface area contributed by atoms with E-state index in [2.05, 4.69) is 35.6 Å². The number of ether oxygens (including phenoxy) is 1. The fourth-order valence-electron chi connectivity index (χ4n) is 4.51. The molecule has 178 valence electrons. The molecule has 33 heavy (non-hydrogen) atoms. The second kappa shape index (κ2) is 10.2. The van der Waals surface area contributed by atoms with E-state index >= 15 is 0 Å². The number of aromatic nitrogens is 2. The number of aryl methyl sites for hydroxylation is 1. The van der Waals surface area contributed by atoms with Gasteiger partial charge in [0.2, 0.25) is 10.0 Å². The van der Waals surface area contributed by atoms with Gasteiger partial charge in [0.15, 0.2) is 0 Å². The first kappa shape index (κ1) is 23.7. The Labute approximate surface area is 197 Å². The van der Waals surface area contributed by atoms with E-state index in [1.54, 1.807) is 16.4 Å². The van der Waals surface area contributed by atoms with Crippen LogP contribution in [0.1, 0.15) is 44.5 Å². The normalized spacial score (nSPS) is 15.4. The third-order valence-corrected chi connectivity index (χ3v) is 8.06. The van der Waals surface area contributed by atoms with E-state index in [0.717, 1.165) is 55.0 Å². The smallest absolute Gasteiger partial charge is 0.243 e. The molecule has 0 unspecified atom stereocenters. The lowest BCUT2D eigenvalue weighted by Gasteiger charge is -2.25. The van der Waals surface area contributed by atoms with Crippen LogP contribution in [0.3, 0.4) is 0 Å². The van der Waals surface area contributed by atoms with Crippen molar-refractivity contribution in [3.63, 3.8) is 0 Å². The Balaban J connectivity index is 1.53. The van der Waals surface area contributed by atoms with Crippen LogP contribution in [0, 0.1) is 0 Å². The van der Waals surface area contributed by atoms with Gasteiger partial charge in [-0.15, -0.1) is 0 Å².